The van der Waals surface area contributed by atoms with E-state index in [-0.39, 0.29) is 0 Å². The molecule has 0 aliphatic carbocycles. The summed E-state index contributed by atoms with van der Waals surface area (Å²) in [4.78, 5) is 5.17. The number of aliphatic imine (C=N–C) groups is 1. The maximum atomic E-state index is 5.17. The van der Waals surface area contributed by atoms with Gasteiger partial charge in [0.1, 0.15) is 0 Å². The quantitative estimate of drug-likeness (QED) is 0.269. The van der Waals surface area contributed by atoms with Gasteiger partial charge in [0.05, 0.1) is 0 Å². The van der Waals surface area contributed by atoms with E-state index in [2.05, 4.69) is 116 Å². The maximum absolute atomic E-state index is 5.17. The Labute approximate surface area is 205 Å². The first-order chi connectivity index (χ1) is 15.0. The van der Waals surface area contributed by atoms with Crippen LogP contribution in [0.3, 0.4) is 0 Å². The Hall–Kier alpha value is -1.81. The van der Waals surface area contributed by atoms with Gasteiger partial charge in [-0.05, 0) is 0 Å². The average molecular weight is 493 g/mol. The number of nitrogens with zero attached hydrogens (tertiary/aromatic N) is 2. The third-order valence-corrected chi connectivity index (χ3v) is 8.67. The third-order valence-electron chi connectivity index (χ3n) is 6.26. The molecule has 0 aliphatic heterocycles. The first-order valence-corrected chi connectivity index (χ1v) is 14.1. The van der Waals surface area contributed by atoms with E-state index >= 15 is 0 Å². The summed E-state index contributed by atoms with van der Waals surface area (Å²) in [6.07, 6.45) is 2.27. The minimum absolute atomic E-state index is 0.453. The van der Waals surface area contributed by atoms with Gasteiger partial charge < -0.3 is 0 Å². The monoisotopic (exact) mass is 494 g/mol. The Morgan fingerprint density at radius 3 is 1.47 bits per heavy atom. The minimum atomic E-state index is 0.453. The second kappa shape index (κ2) is 11.4. The van der Waals surface area contributed by atoms with Crippen LogP contribution in [0, 0.1) is 0 Å². The van der Waals surface area contributed by atoms with Crippen molar-refractivity contribution in [3.8, 4) is 0 Å². The Balaban J connectivity index is 2.55. The number of hydrogen-bond acceptors (Lipinski definition) is 2. The van der Waals surface area contributed by atoms with Crippen LogP contribution in [0.5, 0.6) is 0 Å². The second-order valence-corrected chi connectivity index (χ2v) is 12.2. The van der Waals surface area contributed by atoms with Gasteiger partial charge in [-0.3, -0.25) is 0 Å². The predicted molar refractivity (Wildman–Crippen MR) is 148 cm³/mol. The van der Waals surface area contributed by atoms with Crippen LogP contribution in [0.25, 0.3) is 0 Å². The summed E-state index contributed by atoms with van der Waals surface area (Å²) < 4.78 is 2.54. The van der Waals surface area contributed by atoms with Gasteiger partial charge in [-0.25, -0.2) is 0 Å². The van der Waals surface area contributed by atoms with Crippen LogP contribution in [0.2, 0.25) is 0 Å². The van der Waals surface area contributed by atoms with E-state index < -0.39 is 0 Å². The van der Waals surface area contributed by atoms with Gasteiger partial charge in [0.15, 0.2) is 0 Å². The van der Waals surface area contributed by atoms with Crippen LogP contribution in [0.1, 0.15) is 115 Å². The summed E-state index contributed by atoms with van der Waals surface area (Å²) in [6, 6.07) is 13.5. The van der Waals surface area contributed by atoms with Crippen molar-refractivity contribution < 1.29 is 0 Å². The molecule has 0 unspecified atom stereocenters. The van der Waals surface area contributed by atoms with E-state index in [1.54, 1.807) is 0 Å². The molecule has 0 aliphatic rings. The van der Waals surface area contributed by atoms with Crippen LogP contribution in [0.15, 0.2) is 53.2 Å². The van der Waals surface area contributed by atoms with Gasteiger partial charge in [-0.15, -0.1) is 0 Å². The van der Waals surface area contributed by atoms with Crippen LogP contribution in [-0.2, 0) is 0 Å². The molecule has 32 heavy (non-hydrogen) atoms. The molecular weight excluding hydrogens is 449 g/mol. The van der Waals surface area contributed by atoms with E-state index in [4.69, 9.17) is 4.99 Å². The van der Waals surface area contributed by atoms with Crippen molar-refractivity contribution in [2.24, 2.45) is 4.99 Å². The molecule has 0 saturated heterocycles. The molecule has 0 bridgehead atoms. The fraction of sp³-hybridized carbons (Fsp3) is 0.483. The Morgan fingerprint density at radius 1 is 0.719 bits per heavy atom. The van der Waals surface area contributed by atoms with E-state index in [9.17, 15) is 0 Å². The number of para-hydroxylation sites is 2. The molecule has 0 fully saturated rings. The molecular formula is C29H44GeN2-. The summed E-state index contributed by atoms with van der Waals surface area (Å²) in [6.45, 7) is 22.6. The Bertz CT molecular complexity index is 928. The molecule has 2 aromatic rings. The Morgan fingerprint density at radius 2 is 1.09 bits per heavy atom. The number of rotatable bonds is 8. The van der Waals surface area contributed by atoms with Gasteiger partial charge in [0.25, 0.3) is 0 Å². The van der Waals surface area contributed by atoms with Crippen molar-refractivity contribution >= 4 is 33.8 Å². The van der Waals surface area contributed by atoms with Crippen molar-refractivity contribution in [1.29, 1.82) is 0 Å². The van der Waals surface area contributed by atoms with Crippen LogP contribution >= 0.6 is 0 Å². The summed E-state index contributed by atoms with van der Waals surface area (Å²) in [5.74, 6) is 1.91. The van der Waals surface area contributed by atoms with Crippen molar-refractivity contribution in [3.05, 3.63) is 70.4 Å². The van der Waals surface area contributed by atoms with Crippen molar-refractivity contribution in [1.82, 2.24) is 0 Å². The van der Waals surface area contributed by atoms with Gasteiger partial charge in [0.2, 0.25) is 0 Å². The fourth-order valence-corrected chi connectivity index (χ4v) is 5.68. The zero-order valence-electron chi connectivity index (χ0n) is 22.2. The summed E-state index contributed by atoms with van der Waals surface area (Å²) in [7, 11) is 0. The number of allylic oxidation sites excluding steroid dienone is 2. The second-order valence-electron chi connectivity index (χ2n) is 10.3. The van der Waals surface area contributed by atoms with E-state index in [0.29, 0.717) is 40.4 Å². The summed E-state index contributed by atoms with van der Waals surface area (Å²) in [5.41, 5.74) is 10.5. The van der Waals surface area contributed by atoms with Crippen molar-refractivity contribution in [2.45, 2.75) is 92.9 Å². The molecule has 2 aromatic carbocycles. The molecule has 0 saturated carbocycles. The van der Waals surface area contributed by atoms with E-state index in [1.165, 1.54) is 33.6 Å². The molecule has 0 spiro atoms. The number of benzene rings is 2. The van der Waals surface area contributed by atoms with Crippen LogP contribution < -0.4 is 3.86 Å². The van der Waals surface area contributed by atoms with E-state index in [0.717, 1.165) is 11.4 Å². The topological polar surface area (TPSA) is 15.6 Å². The molecule has 0 aromatic heterocycles. The van der Waals surface area contributed by atoms with Crippen molar-refractivity contribution in [3.63, 3.8) is 0 Å². The molecule has 0 amide bonds. The molecule has 0 atom stereocenters. The van der Waals surface area contributed by atoms with Gasteiger partial charge >= 0.3 is 206 Å². The Kier molecular flexibility index (Phi) is 9.39. The number of hydrogen-bond donors (Lipinski definition) is 0. The van der Waals surface area contributed by atoms with Gasteiger partial charge in [0, 0.05) is 0 Å². The molecule has 175 valence electrons. The first-order valence-electron chi connectivity index (χ1n) is 12.2. The molecule has 0 N–H and O–H groups in total. The average Bonchev–Trinajstić information content (AvgIpc) is 2.71. The van der Waals surface area contributed by atoms with E-state index in [1.807, 2.05) is 0 Å². The van der Waals surface area contributed by atoms with Crippen LogP contribution in [0.4, 0.5) is 11.4 Å². The van der Waals surface area contributed by atoms with Gasteiger partial charge in [-0.2, -0.15) is 0 Å². The van der Waals surface area contributed by atoms with Gasteiger partial charge in [-0.1, -0.05) is 0 Å². The number of anilines is 1. The fourth-order valence-electron chi connectivity index (χ4n) is 4.32. The molecule has 0 heterocycles. The summed E-state index contributed by atoms with van der Waals surface area (Å²) >= 11 is 0.488. The standard InChI is InChI=1S/C29H44GeN2/c1-18(2)24-13-11-14-25(19(3)4)28(24)31-22(9)17-23(10)32(30)29-26(20(5)6)15-12-16-27(29)21(7)8/h11-21H,1-10,30H3/q-1. The first kappa shape index (κ1) is 26.4. The SMILES string of the molecule is CC(=CC(C)=Nc1c(C(C)C)cccc1C(C)C)[N]([GeH3-])c1c(C(C)C)cccc1C(C)C. The van der Waals surface area contributed by atoms with Crippen LogP contribution in [-0.4, -0.2) is 22.4 Å². The summed E-state index contributed by atoms with van der Waals surface area (Å²) in [5, 5.41) is 0. The zero-order chi connectivity index (χ0) is 24.2. The molecule has 0 radical (unpaired) electrons. The molecule has 2 nitrogen and oxygen atoms in total. The van der Waals surface area contributed by atoms with Crippen molar-refractivity contribution in [2.75, 3.05) is 3.86 Å². The molecule has 3 heteroatoms. The zero-order valence-corrected chi connectivity index (χ0v) is 26.4. The predicted octanol–water partition coefficient (Wildman–Crippen LogP) is 7.96. The normalized spacial score (nSPS) is 13.2. The molecule has 2 rings (SSSR count). The third kappa shape index (κ3) is 6.16.